The van der Waals surface area contributed by atoms with Crippen molar-refractivity contribution in [1.82, 2.24) is 4.72 Å². The third-order valence-electron chi connectivity index (χ3n) is 1.91. The van der Waals surface area contributed by atoms with Gasteiger partial charge in [0.25, 0.3) is 0 Å². The van der Waals surface area contributed by atoms with Gasteiger partial charge in [0.05, 0.1) is 11.4 Å². The van der Waals surface area contributed by atoms with Gasteiger partial charge < -0.3 is 10.5 Å². The van der Waals surface area contributed by atoms with Crippen molar-refractivity contribution in [2.75, 3.05) is 13.7 Å². The van der Waals surface area contributed by atoms with E-state index in [0.29, 0.717) is 0 Å². The molecule has 0 saturated heterocycles. The summed E-state index contributed by atoms with van der Waals surface area (Å²) in [5, 5.41) is 0. The molecule has 1 heterocycles. The zero-order valence-corrected chi connectivity index (χ0v) is 12.3. The highest BCUT2D eigenvalue weighted by Gasteiger charge is 2.23. The second kappa shape index (κ2) is 6.18. The summed E-state index contributed by atoms with van der Waals surface area (Å²) in [6, 6.07) is 0.137. The molecule has 3 N–H and O–H groups in total. The van der Waals surface area contributed by atoms with E-state index >= 15 is 0 Å². The van der Waals surface area contributed by atoms with E-state index in [9.17, 15) is 13.2 Å². The molecular formula is C8H10Cl2N2O4S2. The van der Waals surface area contributed by atoms with Crippen molar-refractivity contribution in [3.05, 3.63) is 14.7 Å². The van der Waals surface area contributed by atoms with Crippen LogP contribution in [0, 0.1) is 0 Å². The first-order valence-electron chi connectivity index (χ1n) is 4.56. The Morgan fingerprint density at radius 3 is 2.67 bits per heavy atom. The summed E-state index contributed by atoms with van der Waals surface area (Å²) in [5.74, 6) is -0.716. The first-order valence-corrected chi connectivity index (χ1v) is 7.61. The van der Waals surface area contributed by atoms with Crippen molar-refractivity contribution >= 4 is 50.5 Å². The number of thiophene rings is 1. The van der Waals surface area contributed by atoms with E-state index in [1.54, 1.807) is 0 Å². The summed E-state index contributed by atoms with van der Waals surface area (Å²) < 4.78 is 30.5. The molecule has 0 fully saturated rings. The second-order valence-electron chi connectivity index (χ2n) is 3.17. The maximum Gasteiger partial charge on any atom is 0.324 e. The molecule has 1 rings (SSSR count). The molecule has 0 bridgehead atoms. The summed E-state index contributed by atoms with van der Waals surface area (Å²) in [6.07, 6.45) is 0. The average molecular weight is 333 g/mol. The molecule has 0 aromatic carbocycles. The van der Waals surface area contributed by atoms with Crippen LogP contribution in [0.4, 0.5) is 0 Å². The zero-order valence-electron chi connectivity index (χ0n) is 9.14. The van der Waals surface area contributed by atoms with Gasteiger partial charge in [-0.05, 0) is 6.07 Å². The van der Waals surface area contributed by atoms with E-state index in [-0.39, 0.29) is 20.1 Å². The topological polar surface area (TPSA) is 98.5 Å². The zero-order chi connectivity index (χ0) is 13.9. The molecule has 0 amide bonds. The lowest BCUT2D eigenvalue weighted by Crippen LogP contribution is -2.43. The van der Waals surface area contributed by atoms with Gasteiger partial charge in [0.2, 0.25) is 10.0 Å². The van der Waals surface area contributed by atoms with Gasteiger partial charge in [-0.2, -0.15) is 0 Å². The molecule has 6 nitrogen and oxygen atoms in total. The fourth-order valence-electron chi connectivity index (χ4n) is 1.02. The Hall–Kier alpha value is -0.380. The minimum Gasteiger partial charge on any atom is -0.468 e. The molecule has 0 saturated carbocycles. The molecule has 0 aliphatic heterocycles. The van der Waals surface area contributed by atoms with E-state index in [0.717, 1.165) is 18.4 Å². The standard InChI is InChI=1S/C8H10Cl2N2O4S2/c1-16-8(13)4(11)3-12-18(14,15)5-2-6(9)17-7(5)10/h2,4,12H,3,11H2,1H3. The first-order chi connectivity index (χ1) is 8.27. The van der Waals surface area contributed by atoms with Crippen molar-refractivity contribution in [1.29, 1.82) is 0 Å². The van der Waals surface area contributed by atoms with Gasteiger partial charge in [-0.25, -0.2) is 13.1 Å². The van der Waals surface area contributed by atoms with Gasteiger partial charge in [-0.1, -0.05) is 23.2 Å². The Labute approximate surface area is 118 Å². The third-order valence-corrected chi connectivity index (χ3v) is 5.09. The Morgan fingerprint density at radius 2 is 2.22 bits per heavy atom. The Kier molecular flexibility index (Phi) is 5.38. The minimum absolute atomic E-state index is 0.0409. The summed E-state index contributed by atoms with van der Waals surface area (Å²) in [4.78, 5) is 10.9. The smallest absolute Gasteiger partial charge is 0.324 e. The first kappa shape index (κ1) is 15.7. The fourth-order valence-corrected chi connectivity index (χ4v) is 4.23. The van der Waals surface area contributed by atoms with Crippen LogP contribution in [-0.4, -0.2) is 34.1 Å². The van der Waals surface area contributed by atoms with Gasteiger partial charge in [0.1, 0.15) is 15.3 Å². The van der Waals surface area contributed by atoms with Crippen molar-refractivity contribution in [3.63, 3.8) is 0 Å². The number of carbonyl (C=O) groups is 1. The number of ether oxygens (including phenoxy) is 1. The van der Waals surface area contributed by atoms with E-state index in [2.05, 4.69) is 9.46 Å². The van der Waals surface area contributed by atoms with Gasteiger partial charge >= 0.3 is 5.97 Å². The molecule has 10 heteroatoms. The maximum absolute atomic E-state index is 11.8. The largest absolute Gasteiger partial charge is 0.468 e. The third kappa shape index (κ3) is 3.81. The van der Waals surface area contributed by atoms with Crippen LogP contribution in [0.5, 0.6) is 0 Å². The van der Waals surface area contributed by atoms with Crippen LogP contribution in [0.1, 0.15) is 0 Å². The normalized spacial score (nSPS) is 13.3. The number of nitrogens with one attached hydrogen (secondary N) is 1. The average Bonchev–Trinajstić information content (AvgIpc) is 2.65. The Balaban J connectivity index is 2.78. The number of hydrogen-bond acceptors (Lipinski definition) is 6. The van der Waals surface area contributed by atoms with E-state index in [1.807, 2.05) is 0 Å². The molecular weight excluding hydrogens is 323 g/mol. The molecule has 102 valence electrons. The van der Waals surface area contributed by atoms with Crippen molar-refractivity contribution in [2.45, 2.75) is 10.9 Å². The van der Waals surface area contributed by atoms with Gasteiger partial charge in [-0.15, -0.1) is 11.3 Å². The molecule has 1 aromatic rings. The highest BCUT2D eigenvalue weighted by Crippen LogP contribution is 2.33. The summed E-state index contributed by atoms with van der Waals surface area (Å²) in [5.41, 5.74) is 5.40. The van der Waals surface area contributed by atoms with Crippen LogP contribution in [-0.2, 0) is 19.6 Å². The minimum atomic E-state index is -3.85. The molecule has 0 aliphatic carbocycles. The van der Waals surface area contributed by atoms with Gasteiger partial charge in [0.15, 0.2) is 0 Å². The predicted molar refractivity (Wildman–Crippen MR) is 69.5 cm³/mol. The second-order valence-corrected chi connectivity index (χ2v) is 7.19. The molecule has 1 aromatic heterocycles. The molecule has 0 radical (unpaired) electrons. The van der Waals surface area contributed by atoms with Crippen molar-refractivity contribution in [3.8, 4) is 0 Å². The molecule has 0 aliphatic rings. The number of sulfonamides is 1. The quantitative estimate of drug-likeness (QED) is 0.778. The van der Waals surface area contributed by atoms with Crippen LogP contribution in [0.25, 0.3) is 0 Å². The summed E-state index contributed by atoms with van der Waals surface area (Å²) in [7, 11) is -2.69. The molecule has 1 atom stereocenters. The molecule has 18 heavy (non-hydrogen) atoms. The molecule has 0 spiro atoms. The van der Waals surface area contributed by atoms with E-state index in [4.69, 9.17) is 28.9 Å². The number of nitrogens with two attached hydrogens (primary N) is 1. The monoisotopic (exact) mass is 332 g/mol. The highest BCUT2D eigenvalue weighted by molar-refractivity contribution is 7.89. The number of esters is 1. The van der Waals surface area contributed by atoms with Crippen LogP contribution in [0.3, 0.4) is 0 Å². The van der Waals surface area contributed by atoms with Gasteiger partial charge in [-0.3, -0.25) is 4.79 Å². The number of methoxy groups -OCH3 is 1. The highest BCUT2D eigenvalue weighted by atomic mass is 35.5. The fraction of sp³-hybridized carbons (Fsp3) is 0.375. The SMILES string of the molecule is COC(=O)C(N)CNS(=O)(=O)c1cc(Cl)sc1Cl. The summed E-state index contributed by atoms with van der Waals surface area (Å²) in [6.45, 7) is -0.293. The van der Waals surface area contributed by atoms with Crippen LogP contribution < -0.4 is 10.5 Å². The number of rotatable bonds is 5. The Bertz CT molecular complexity index is 543. The predicted octanol–water partition coefficient (Wildman–Crippen LogP) is 0.834. The number of hydrogen-bond donors (Lipinski definition) is 2. The van der Waals surface area contributed by atoms with Gasteiger partial charge in [0, 0.05) is 6.54 Å². The lowest BCUT2D eigenvalue weighted by molar-refractivity contribution is -0.141. The van der Waals surface area contributed by atoms with Crippen molar-refractivity contribution < 1.29 is 17.9 Å². The number of carbonyl (C=O) groups excluding carboxylic acids is 1. The maximum atomic E-state index is 11.8. The van der Waals surface area contributed by atoms with Crippen molar-refractivity contribution in [2.24, 2.45) is 5.73 Å². The Morgan fingerprint density at radius 1 is 1.61 bits per heavy atom. The van der Waals surface area contributed by atoms with Crippen LogP contribution >= 0.6 is 34.5 Å². The lowest BCUT2D eigenvalue weighted by atomic mass is 10.3. The molecule has 1 unspecified atom stereocenters. The number of halogens is 2. The lowest BCUT2D eigenvalue weighted by Gasteiger charge is -2.10. The van der Waals surface area contributed by atoms with E-state index < -0.39 is 22.0 Å². The van der Waals surface area contributed by atoms with E-state index in [1.165, 1.54) is 6.07 Å². The van der Waals surface area contributed by atoms with Crippen LogP contribution in [0.15, 0.2) is 11.0 Å². The van der Waals surface area contributed by atoms with Crippen LogP contribution in [0.2, 0.25) is 8.67 Å². The summed E-state index contributed by atoms with van der Waals surface area (Å²) >= 11 is 12.3.